The summed E-state index contributed by atoms with van der Waals surface area (Å²) in [5.74, 6) is 0.707. The Hall–Kier alpha value is -2.62. The highest BCUT2D eigenvalue weighted by Crippen LogP contribution is 2.33. The molecule has 0 saturated carbocycles. The number of aromatic nitrogens is 2. The van der Waals surface area contributed by atoms with E-state index in [1.54, 1.807) is 10.8 Å². The lowest BCUT2D eigenvalue weighted by atomic mass is 10.0. The quantitative estimate of drug-likeness (QED) is 0.692. The normalized spacial score (nSPS) is 17.0. The summed E-state index contributed by atoms with van der Waals surface area (Å²) in [5.41, 5.74) is 2.20. The third kappa shape index (κ3) is 1.91. The van der Waals surface area contributed by atoms with E-state index < -0.39 is 0 Å². The first-order chi connectivity index (χ1) is 10.8. The summed E-state index contributed by atoms with van der Waals surface area (Å²) in [7, 11) is 0. The van der Waals surface area contributed by atoms with E-state index in [0.717, 1.165) is 29.5 Å². The lowest BCUT2D eigenvalue weighted by Gasteiger charge is -2.25. The van der Waals surface area contributed by atoms with Gasteiger partial charge in [-0.05, 0) is 44.0 Å². The van der Waals surface area contributed by atoms with E-state index in [1.807, 2.05) is 49.4 Å². The van der Waals surface area contributed by atoms with Crippen LogP contribution in [0.15, 0.2) is 53.5 Å². The number of benzene rings is 1. The first-order valence-electron chi connectivity index (χ1n) is 7.50. The van der Waals surface area contributed by atoms with Gasteiger partial charge in [0.25, 0.3) is 5.56 Å². The zero-order chi connectivity index (χ0) is 15.1. The smallest absolute Gasteiger partial charge is 0.263 e. The minimum atomic E-state index is -0.0284. The molecule has 0 aliphatic carbocycles. The van der Waals surface area contributed by atoms with Crippen molar-refractivity contribution in [1.82, 2.24) is 9.55 Å². The molecule has 0 bridgehead atoms. The standard InChI is InChI=1S/C18H16N2O2/c1-12-9-10-15-16(22-12)14-8-5-11-19-17(14)20(18(15)21)13-6-3-2-4-7-13/h2-8,11-12H,9-10H2,1H3. The van der Waals surface area contributed by atoms with Crippen molar-refractivity contribution in [3.63, 3.8) is 0 Å². The summed E-state index contributed by atoms with van der Waals surface area (Å²) < 4.78 is 7.65. The average Bonchev–Trinajstić information content (AvgIpc) is 2.56. The zero-order valence-electron chi connectivity index (χ0n) is 12.3. The molecule has 1 aliphatic rings. The van der Waals surface area contributed by atoms with Gasteiger partial charge in [-0.25, -0.2) is 4.98 Å². The molecule has 0 spiro atoms. The number of nitrogens with zero attached hydrogens (tertiary/aromatic N) is 2. The second kappa shape index (κ2) is 4.98. The molecule has 3 aromatic rings. The molecular weight excluding hydrogens is 276 g/mol. The minimum absolute atomic E-state index is 0.0284. The maximum atomic E-state index is 13.0. The lowest BCUT2D eigenvalue weighted by Crippen LogP contribution is -2.30. The molecule has 0 radical (unpaired) electrons. The van der Waals surface area contributed by atoms with E-state index in [1.165, 1.54) is 0 Å². The van der Waals surface area contributed by atoms with E-state index in [2.05, 4.69) is 4.98 Å². The highest BCUT2D eigenvalue weighted by Gasteiger charge is 2.24. The molecule has 1 aliphatic heterocycles. The zero-order valence-corrected chi connectivity index (χ0v) is 12.3. The summed E-state index contributed by atoms with van der Waals surface area (Å²) in [6.07, 6.45) is 3.44. The summed E-state index contributed by atoms with van der Waals surface area (Å²) in [6, 6.07) is 13.5. The SMILES string of the molecule is CC1CCc2c(c3cccnc3n(-c3ccccc3)c2=O)O1. The molecular formula is C18H16N2O2. The van der Waals surface area contributed by atoms with Crippen LogP contribution in [-0.4, -0.2) is 15.7 Å². The predicted molar refractivity (Wildman–Crippen MR) is 85.8 cm³/mol. The third-order valence-electron chi connectivity index (χ3n) is 4.11. The van der Waals surface area contributed by atoms with Crippen molar-refractivity contribution in [2.75, 3.05) is 0 Å². The van der Waals surface area contributed by atoms with E-state index in [4.69, 9.17) is 4.74 Å². The van der Waals surface area contributed by atoms with Crippen molar-refractivity contribution in [3.8, 4) is 11.4 Å². The van der Waals surface area contributed by atoms with Gasteiger partial charge < -0.3 is 4.74 Å². The first kappa shape index (κ1) is 13.1. The van der Waals surface area contributed by atoms with E-state index in [9.17, 15) is 4.79 Å². The molecule has 4 heteroatoms. The molecule has 1 atom stereocenters. The summed E-state index contributed by atoms with van der Waals surface area (Å²) in [5, 5.41) is 0.896. The lowest BCUT2D eigenvalue weighted by molar-refractivity contribution is 0.194. The molecule has 4 rings (SSSR count). The second-order valence-electron chi connectivity index (χ2n) is 5.63. The number of hydrogen-bond donors (Lipinski definition) is 0. The molecule has 110 valence electrons. The van der Waals surface area contributed by atoms with Gasteiger partial charge in [0, 0.05) is 6.20 Å². The van der Waals surface area contributed by atoms with Gasteiger partial charge >= 0.3 is 0 Å². The summed E-state index contributed by atoms with van der Waals surface area (Å²) in [6.45, 7) is 2.04. The Morgan fingerprint density at radius 1 is 1.18 bits per heavy atom. The van der Waals surface area contributed by atoms with Crippen molar-refractivity contribution in [3.05, 3.63) is 64.6 Å². The van der Waals surface area contributed by atoms with Crippen LogP contribution in [0.4, 0.5) is 0 Å². The van der Waals surface area contributed by atoms with Crippen LogP contribution in [0.5, 0.6) is 5.75 Å². The van der Waals surface area contributed by atoms with Crippen LogP contribution in [0, 0.1) is 0 Å². The number of fused-ring (bicyclic) bond motifs is 3. The fraction of sp³-hybridized carbons (Fsp3) is 0.222. The fourth-order valence-electron chi connectivity index (χ4n) is 3.02. The van der Waals surface area contributed by atoms with Crippen LogP contribution in [0.2, 0.25) is 0 Å². The second-order valence-corrected chi connectivity index (χ2v) is 5.63. The molecule has 3 heterocycles. The maximum Gasteiger partial charge on any atom is 0.263 e. The van der Waals surface area contributed by atoms with Crippen molar-refractivity contribution in [2.45, 2.75) is 25.9 Å². The molecule has 0 N–H and O–H groups in total. The van der Waals surface area contributed by atoms with Gasteiger partial charge in [-0.15, -0.1) is 0 Å². The van der Waals surface area contributed by atoms with Gasteiger partial charge in [0.05, 0.1) is 22.7 Å². The number of hydrogen-bond acceptors (Lipinski definition) is 3. The Morgan fingerprint density at radius 3 is 2.82 bits per heavy atom. The summed E-state index contributed by atoms with van der Waals surface area (Å²) in [4.78, 5) is 17.4. The Morgan fingerprint density at radius 2 is 2.00 bits per heavy atom. The van der Waals surface area contributed by atoms with Crippen molar-refractivity contribution < 1.29 is 4.74 Å². The fourth-order valence-corrected chi connectivity index (χ4v) is 3.02. The van der Waals surface area contributed by atoms with E-state index in [-0.39, 0.29) is 11.7 Å². The Kier molecular flexibility index (Phi) is 2.96. The Labute approximate surface area is 128 Å². The number of pyridine rings is 2. The largest absolute Gasteiger partial charge is 0.489 e. The van der Waals surface area contributed by atoms with Crippen molar-refractivity contribution >= 4 is 11.0 Å². The number of rotatable bonds is 1. The van der Waals surface area contributed by atoms with Crippen molar-refractivity contribution in [2.24, 2.45) is 0 Å². The highest BCUT2D eigenvalue weighted by molar-refractivity contribution is 5.85. The molecule has 2 aromatic heterocycles. The van der Waals surface area contributed by atoms with Crippen LogP contribution in [0.1, 0.15) is 18.9 Å². The Balaban J connectivity index is 2.13. The van der Waals surface area contributed by atoms with Gasteiger partial charge in [0.1, 0.15) is 5.75 Å². The van der Waals surface area contributed by atoms with Crippen LogP contribution < -0.4 is 10.3 Å². The predicted octanol–water partition coefficient (Wildman–Crippen LogP) is 3.10. The van der Waals surface area contributed by atoms with Crippen LogP contribution in [0.3, 0.4) is 0 Å². The van der Waals surface area contributed by atoms with E-state index in [0.29, 0.717) is 11.4 Å². The van der Waals surface area contributed by atoms with Gasteiger partial charge in [0.15, 0.2) is 5.65 Å². The number of ether oxygens (including phenoxy) is 1. The molecule has 4 nitrogen and oxygen atoms in total. The van der Waals surface area contributed by atoms with Gasteiger partial charge in [-0.3, -0.25) is 9.36 Å². The maximum absolute atomic E-state index is 13.0. The van der Waals surface area contributed by atoms with Gasteiger partial charge in [0.2, 0.25) is 0 Å². The average molecular weight is 292 g/mol. The molecule has 0 amide bonds. The summed E-state index contributed by atoms with van der Waals surface area (Å²) >= 11 is 0. The van der Waals surface area contributed by atoms with Crippen LogP contribution in [0.25, 0.3) is 16.7 Å². The molecule has 1 unspecified atom stereocenters. The highest BCUT2D eigenvalue weighted by atomic mass is 16.5. The monoisotopic (exact) mass is 292 g/mol. The van der Waals surface area contributed by atoms with Gasteiger partial charge in [-0.1, -0.05) is 18.2 Å². The number of para-hydroxylation sites is 1. The topological polar surface area (TPSA) is 44.1 Å². The van der Waals surface area contributed by atoms with E-state index >= 15 is 0 Å². The molecule has 1 aromatic carbocycles. The first-order valence-corrected chi connectivity index (χ1v) is 7.50. The molecule has 0 saturated heterocycles. The molecule has 0 fully saturated rings. The van der Waals surface area contributed by atoms with Crippen molar-refractivity contribution in [1.29, 1.82) is 0 Å². The van der Waals surface area contributed by atoms with Gasteiger partial charge in [-0.2, -0.15) is 0 Å². The van der Waals surface area contributed by atoms with Crippen LogP contribution in [-0.2, 0) is 6.42 Å². The minimum Gasteiger partial charge on any atom is -0.489 e. The molecule has 22 heavy (non-hydrogen) atoms. The Bertz CT molecular complexity index is 900. The van der Waals surface area contributed by atoms with Crippen LogP contribution >= 0.6 is 0 Å². The third-order valence-corrected chi connectivity index (χ3v) is 4.11.